The number of halogens is 1. The highest BCUT2D eigenvalue weighted by Crippen LogP contribution is 2.09. The molecule has 1 aromatic carbocycles. The van der Waals surface area contributed by atoms with Crippen LogP contribution in [0.5, 0.6) is 0 Å². The molecule has 1 heterocycles. The minimum atomic E-state index is -0.844. The van der Waals surface area contributed by atoms with Gasteiger partial charge in [-0.25, -0.2) is 0 Å². The first-order valence-corrected chi connectivity index (χ1v) is 7.58. The quantitative estimate of drug-likeness (QED) is 0.890. The predicted molar refractivity (Wildman–Crippen MR) is 86.7 cm³/mol. The molecule has 0 atom stereocenters. The summed E-state index contributed by atoms with van der Waals surface area (Å²) in [5.74, 6) is -0.844. The molecule has 0 aliphatic rings. The van der Waals surface area contributed by atoms with Crippen LogP contribution in [0.15, 0.2) is 29.1 Å². The number of carbonyl (C=O) groups is 1. The fourth-order valence-corrected chi connectivity index (χ4v) is 3.21. The maximum atomic E-state index is 12.4. The highest BCUT2D eigenvalue weighted by atomic mass is 35.5. The topological polar surface area (TPSA) is 88.9 Å². The monoisotopic (exact) mass is 333 g/mol. The van der Waals surface area contributed by atoms with E-state index in [0.717, 1.165) is 16.9 Å². The van der Waals surface area contributed by atoms with Gasteiger partial charge in [-0.1, -0.05) is 23.7 Å². The van der Waals surface area contributed by atoms with Crippen molar-refractivity contribution in [3.63, 3.8) is 0 Å². The van der Waals surface area contributed by atoms with Crippen molar-refractivity contribution in [1.29, 1.82) is 5.26 Å². The summed E-state index contributed by atoms with van der Waals surface area (Å²) in [6, 6.07) is 8.76. The second-order valence-corrected chi connectivity index (χ2v) is 5.83. The first-order valence-electron chi connectivity index (χ1n) is 6.39. The van der Waals surface area contributed by atoms with Crippen LogP contribution in [-0.2, 0) is 11.3 Å². The highest BCUT2D eigenvalue weighted by Gasteiger charge is 2.12. The lowest BCUT2D eigenvalue weighted by Gasteiger charge is -1.95. The third kappa shape index (κ3) is 3.11. The average Bonchev–Trinajstić information content (AvgIpc) is 2.78. The van der Waals surface area contributed by atoms with Crippen LogP contribution in [0.2, 0.25) is 5.02 Å². The zero-order chi connectivity index (χ0) is 16.3. The third-order valence-electron chi connectivity index (χ3n) is 2.96. The van der Waals surface area contributed by atoms with Crippen molar-refractivity contribution in [1.82, 2.24) is 4.57 Å². The summed E-state index contributed by atoms with van der Waals surface area (Å²) >= 11 is 6.90. The maximum absolute atomic E-state index is 12.4. The second kappa shape index (κ2) is 6.60. The van der Waals surface area contributed by atoms with Gasteiger partial charge >= 0.3 is 0 Å². The van der Waals surface area contributed by atoms with Crippen LogP contribution in [0.3, 0.4) is 0 Å². The molecule has 0 saturated heterocycles. The molecule has 22 heavy (non-hydrogen) atoms. The molecule has 0 radical (unpaired) electrons. The van der Waals surface area contributed by atoms with E-state index in [4.69, 9.17) is 22.6 Å². The van der Waals surface area contributed by atoms with Gasteiger partial charge in [0.05, 0.1) is 4.53 Å². The van der Waals surface area contributed by atoms with Crippen LogP contribution in [0, 0.1) is 11.3 Å². The fourth-order valence-electron chi connectivity index (χ4n) is 1.91. The Morgan fingerprint density at radius 2 is 2.09 bits per heavy atom. The van der Waals surface area contributed by atoms with E-state index in [-0.39, 0.29) is 15.8 Å². The Kier molecular flexibility index (Phi) is 4.81. The first-order chi connectivity index (χ1) is 10.5. The maximum Gasteiger partial charge on any atom is 0.269 e. The molecule has 0 saturated carbocycles. The molecule has 0 unspecified atom stereocenters. The van der Waals surface area contributed by atoms with Gasteiger partial charge in [0.1, 0.15) is 10.7 Å². The zero-order valence-electron chi connectivity index (χ0n) is 11.7. The number of nitrogens with two attached hydrogens (primary N) is 1. The smallest absolute Gasteiger partial charge is 0.269 e. The van der Waals surface area contributed by atoms with Gasteiger partial charge in [0.15, 0.2) is 5.57 Å². The lowest BCUT2D eigenvalue weighted by molar-refractivity contribution is -0.112. The molecule has 0 spiro atoms. The predicted octanol–water partition coefficient (Wildman–Crippen LogP) is 0.571. The molecule has 0 bridgehead atoms. The number of benzene rings is 1. The summed E-state index contributed by atoms with van der Waals surface area (Å²) in [6.45, 7) is 2.11. The van der Waals surface area contributed by atoms with Gasteiger partial charge in [-0.3, -0.25) is 14.2 Å². The van der Waals surface area contributed by atoms with Crippen LogP contribution in [-0.4, -0.2) is 10.5 Å². The van der Waals surface area contributed by atoms with Crippen LogP contribution in [0.25, 0.3) is 11.6 Å². The van der Waals surface area contributed by atoms with E-state index in [1.807, 2.05) is 0 Å². The summed E-state index contributed by atoms with van der Waals surface area (Å²) < 4.78 is 2.08. The van der Waals surface area contributed by atoms with E-state index in [1.54, 1.807) is 43.3 Å². The normalized spacial score (nSPS) is 12.9. The highest BCUT2D eigenvalue weighted by molar-refractivity contribution is 7.07. The molecular formula is C15H12ClN3O2S. The van der Waals surface area contributed by atoms with Gasteiger partial charge in [-0.2, -0.15) is 5.26 Å². The Bertz CT molecular complexity index is 933. The third-order valence-corrected chi connectivity index (χ3v) is 4.35. The van der Waals surface area contributed by atoms with Gasteiger partial charge < -0.3 is 5.73 Å². The molecule has 0 fully saturated rings. The number of rotatable bonds is 3. The molecule has 1 aromatic heterocycles. The Balaban J connectivity index is 2.79. The van der Waals surface area contributed by atoms with Crippen molar-refractivity contribution in [2.24, 2.45) is 5.73 Å². The Hall–Kier alpha value is -2.36. The number of carbonyl (C=O) groups excluding carboxylic acids is 1. The molecule has 2 aromatic rings. The molecule has 2 rings (SSSR count). The van der Waals surface area contributed by atoms with E-state index in [2.05, 4.69) is 0 Å². The number of hydrogen-bond acceptors (Lipinski definition) is 4. The Morgan fingerprint density at radius 1 is 1.45 bits per heavy atom. The van der Waals surface area contributed by atoms with Crippen molar-refractivity contribution in [3.05, 3.63) is 54.4 Å². The number of nitrogens with zero attached hydrogens (tertiary/aromatic N) is 2. The van der Waals surface area contributed by atoms with E-state index in [0.29, 0.717) is 16.1 Å². The number of hydrogen-bond donors (Lipinski definition) is 1. The summed E-state index contributed by atoms with van der Waals surface area (Å²) in [6.07, 6.45) is 1.69. The van der Waals surface area contributed by atoms with Gasteiger partial charge in [0, 0.05) is 11.6 Å². The van der Waals surface area contributed by atoms with E-state index in [1.165, 1.54) is 4.57 Å². The lowest BCUT2D eigenvalue weighted by atomic mass is 10.2. The van der Waals surface area contributed by atoms with Crippen molar-refractivity contribution in [2.45, 2.75) is 13.5 Å². The van der Waals surface area contributed by atoms with Crippen molar-refractivity contribution in [2.75, 3.05) is 0 Å². The van der Waals surface area contributed by atoms with Gasteiger partial charge in [0.25, 0.3) is 11.5 Å². The molecule has 2 N–H and O–H groups in total. The number of aromatic nitrogens is 1. The van der Waals surface area contributed by atoms with Crippen LogP contribution in [0.1, 0.15) is 12.5 Å². The standard InChI is InChI=1S/C15H12ClN3O2S/c1-2-19-14(21)12(7-9-3-5-10(16)6-4-9)22-15(19)11(8-17)13(18)20/h3-7H,2H2,1H3,(H2,18,20)/b12-7+,15-11-. The average molecular weight is 334 g/mol. The minimum absolute atomic E-state index is 0.209. The zero-order valence-corrected chi connectivity index (χ0v) is 13.2. The van der Waals surface area contributed by atoms with E-state index in [9.17, 15) is 9.59 Å². The molecule has 112 valence electrons. The lowest BCUT2D eigenvalue weighted by Crippen LogP contribution is -2.33. The number of amides is 1. The number of nitriles is 1. The van der Waals surface area contributed by atoms with Crippen molar-refractivity contribution in [3.8, 4) is 6.07 Å². The van der Waals surface area contributed by atoms with Crippen LogP contribution in [0.4, 0.5) is 0 Å². The summed E-state index contributed by atoms with van der Waals surface area (Å²) in [7, 11) is 0. The SMILES string of the molecule is CCn1c(=O)/c(=C\c2ccc(Cl)cc2)s/c1=C(/C#N)C(N)=O. The summed E-state index contributed by atoms with van der Waals surface area (Å²) in [4.78, 5) is 23.7. The van der Waals surface area contributed by atoms with Crippen LogP contribution < -0.4 is 20.5 Å². The van der Waals surface area contributed by atoms with Crippen LogP contribution >= 0.6 is 22.9 Å². The molecule has 1 amide bonds. The number of thiazole rings is 1. The van der Waals surface area contributed by atoms with Gasteiger partial charge in [-0.15, -0.1) is 11.3 Å². The van der Waals surface area contributed by atoms with E-state index >= 15 is 0 Å². The summed E-state index contributed by atoms with van der Waals surface area (Å²) in [5, 5.41) is 9.67. The summed E-state index contributed by atoms with van der Waals surface area (Å²) in [5.41, 5.74) is 5.53. The first kappa shape index (κ1) is 16.0. The van der Waals surface area contributed by atoms with Crippen molar-refractivity contribution >= 4 is 40.5 Å². The largest absolute Gasteiger partial charge is 0.365 e. The number of primary amides is 1. The molecule has 0 aliphatic carbocycles. The molecule has 7 heteroatoms. The molecule has 0 aliphatic heterocycles. The van der Waals surface area contributed by atoms with Crippen molar-refractivity contribution < 1.29 is 4.79 Å². The minimum Gasteiger partial charge on any atom is -0.365 e. The molecule has 5 nitrogen and oxygen atoms in total. The second-order valence-electron chi connectivity index (χ2n) is 4.37. The Morgan fingerprint density at radius 3 is 2.59 bits per heavy atom. The van der Waals surface area contributed by atoms with E-state index < -0.39 is 5.91 Å². The molecular weight excluding hydrogens is 322 g/mol. The Labute approximate surface area is 135 Å². The van der Waals surface area contributed by atoms with Gasteiger partial charge in [-0.05, 0) is 30.7 Å². The van der Waals surface area contributed by atoms with Gasteiger partial charge in [0.2, 0.25) is 0 Å². The fraction of sp³-hybridized carbons (Fsp3) is 0.133.